The number of rotatable bonds is 4. The summed E-state index contributed by atoms with van der Waals surface area (Å²) in [6.07, 6.45) is 14.5. The fourth-order valence-electron chi connectivity index (χ4n) is 12.2. The molecule has 5 aliphatic carbocycles. The van der Waals surface area contributed by atoms with Crippen LogP contribution >= 0.6 is 0 Å². The van der Waals surface area contributed by atoms with Crippen molar-refractivity contribution in [1.82, 2.24) is 0 Å². The van der Waals surface area contributed by atoms with E-state index >= 15 is 0 Å². The Morgan fingerprint density at radius 2 is 1.52 bits per heavy atom. The number of allylic oxidation sites excluding steroid dienone is 2. The van der Waals surface area contributed by atoms with Crippen LogP contribution in [0.2, 0.25) is 0 Å². The molecule has 0 aromatic heterocycles. The Hall–Kier alpha value is -2.14. The van der Waals surface area contributed by atoms with Crippen molar-refractivity contribution >= 4 is 17.5 Å². The van der Waals surface area contributed by atoms with Crippen molar-refractivity contribution in [2.45, 2.75) is 98.8 Å². The average Bonchev–Trinajstić information content (AvgIpc) is 3.33. The lowest BCUT2D eigenvalue weighted by atomic mass is 9.33. The normalized spacial score (nSPS) is 43.5. The third-order valence-electron chi connectivity index (χ3n) is 14.2. The number of hydrogen-bond donors (Lipinski definition) is 3. The molecule has 5 heteroatoms. The van der Waals surface area contributed by atoms with Crippen LogP contribution in [0.5, 0.6) is 0 Å². The van der Waals surface area contributed by atoms with Gasteiger partial charge in [-0.05, 0) is 132 Å². The smallest absolute Gasteiger partial charge is 0.336 e. The molecule has 0 radical (unpaired) electrons. The minimum Gasteiger partial charge on any atom is -0.478 e. The lowest BCUT2D eigenvalue weighted by molar-refractivity contribution is -0.225. The largest absolute Gasteiger partial charge is 0.478 e. The van der Waals surface area contributed by atoms with Crippen LogP contribution in [0, 0.1) is 50.7 Å². The molecule has 218 valence electrons. The second-order valence-electron chi connectivity index (χ2n) is 15.6. The number of benzene rings is 1. The molecule has 0 saturated heterocycles. The van der Waals surface area contributed by atoms with Crippen molar-refractivity contribution in [2.75, 3.05) is 6.61 Å². The molecule has 0 heterocycles. The van der Waals surface area contributed by atoms with Gasteiger partial charge < -0.3 is 15.3 Å². The second kappa shape index (κ2) is 8.93. The maximum absolute atomic E-state index is 12.0. The molecule has 0 bridgehead atoms. The SMILES string of the molecule is CC1(C)C(c2ccc(C(=O)O)c(C(=O)O)c2)=CCC2(C)C1CCC1(C)C2CCC2C3CCCC3(CO)CC[C@]21C. The molecule has 5 aliphatic rings. The first-order valence-electron chi connectivity index (χ1n) is 15.7. The number of carboxylic acids is 2. The lowest BCUT2D eigenvalue weighted by Crippen LogP contribution is -2.65. The summed E-state index contributed by atoms with van der Waals surface area (Å²) in [4.78, 5) is 23.6. The van der Waals surface area contributed by atoms with E-state index in [-0.39, 0.29) is 32.8 Å². The van der Waals surface area contributed by atoms with Crippen molar-refractivity contribution in [2.24, 2.45) is 50.7 Å². The molecular formula is C35H48O5. The highest BCUT2D eigenvalue weighted by molar-refractivity contribution is 6.02. The molecule has 0 aliphatic heterocycles. The van der Waals surface area contributed by atoms with Crippen LogP contribution in [0.4, 0.5) is 0 Å². The van der Waals surface area contributed by atoms with E-state index in [4.69, 9.17) is 0 Å². The molecular weight excluding hydrogens is 500 g/mol. The zero-order valence-electron chi connectivity index (χ0n) is 25.1. The Bertz CT molecular complexity index is 1280. The van der Waals surface area contributed by atoms with Gasteiger partial charge in [0, 0.05) is 6.61 Å². The Morgan fingerprint density at radius 1 is 0.800 bits per heavy atom. The highest BCUT2D eigenvalue weighted by atomic mass is 16.4. The number of carboxylic acid groups (broad SMARTS) is 2. The van der Waals surface area contributed by atoms with Gasteiger partial charge in [-0.3, -0.25) is 0 Å². The van der Waals surface area contributed by atoms with Gasteiger partial charge in [-0.25, -0.2) is 9.59 Å². The first-order valence-corrected chi connectivity index (χ1v) is 15.7. The third kappa shape index (κ3) is 3.48. The molecule has 7 unspecified atom stereocenters. The molecule has 5 nitrogen and oxygen atoms in total. The van der Waals surface area contributed by atoms with Gasteiger partial charge >= 0.3 is 11.9 Å². The maximum atomic E-state index is 12.0. The summed E-state index contributed by atoms with van der Waals surface area (Å²) in [5.41, 5.74) is 2.45. The molecule has 4 fully saturated rings. The van der Waals surface area contributed by atoms with Gasteiger partial charge in [0.25, 0.3) is 0 Å². The summed E-state index contributed by atoms with van der Waals surface area (Å²) in [7, 11) is 0. The molecule has 3 N–H and O–H groups in total. The summed E-state index contributed by atoms with van der Waals surface area (Å²) in [6, 6.07) is 4.85. The third-order valence-corrected chi connectivity index (χ3v) is 14.2. The summed E-state index contributed by atoms with van der Waals surface area (Å²) in [6.45, 7) is 12.8. The maximum Gasteiger partial charge on any atom is 0.336 e. The lowest BCUT2D eigenvalue weighted by Gasteiger charge is -2.72. The van der Waals surface area contributed by atoms with E-state index in [1.807, 2.05) is 6.07 Å². The monoisotopic (exact) mass is 548 g/mol. The summed E-state index contributed by atoms with van der Waals surface area (Å²) >= 11 is 0. The van der Waals surface area contributed by atoms with Crippen LogP contribution in [0.1, 0.15) is 125 Å². The van der Waals surface area contributed by atoms with E-state index in [0.29, 0.717) is 35.7 Å². The zero-order chi connectivity index (χ0) is 28.9. The Morgan fingerprint density at radius 3 is 2.20 bits per heavy atom. The molecule has 1 aromatic rings. The van der Waals surface area contributed by atoms with Gasteiger partial charge in [0.2, 0.25) is 0 Å². The van der Waals surface area contributed by atoms with Crippen LogP contribution in [0.25, 0.3) is 5.57 Å². The van der Waals surface area contributed by atoms with Gasteiger partial charge in [-0.1, -0.05) is 53.2 Å². The van der Waals surface area contributed by atoms with Crippen molar-refractivity contribution in [3.8, 4) is 0 Å². The Kier molecular flexibility index (Phi) is 6.25. The first-order chi connectivity index (χ1) is 18.7. The standard InChI is InChI=1S/C35H48O5/c1-31(2)24(21-8-9-22(29(37)38)23(19-21)30(39)40)12-15-32(3)27(31)13-16-34(5)28(32)11-10-25-26-7-6-14-35(26,20-36)18-17-33(25,34)4/h8-9,12,19,25-28,36H,6-7,10-11,13-18,20H2,1-5H3,(H,37,38)(H,39,40)/t25?,26?,27?,28?,32?,33-,34?,35?/m1/s1. The molecule has 8 atom stereocenters. The molecule has 4 saturated carbocycles. The Labute approximate surface area is 239 Å². The fraction of sp³-hybridized carbons (Fsp3) is 0.714. The minimum atomic E-state index is -1.21. The molecule has 6 rings (SSSR count). The molecule has 0 amide bonds. The zero-order valence-corrected chi connectivity index (χ0v) is 25.1. The number of carbonyl (C=O) groups is 2. The average molecular weight is 549 g/mol. The van der Waals surface area contributed by atoms with Gasteiger partial charge in [0.1, 0.15) is 0 Å². The van der Waals surface area contributed by atoms with E-state index in [1.165, 1.54) is 57.4 Å². The van der Waals surface area contributed by atoms with Crippen LogP contribution < -0.4 is 0 Å². The van der Waals surface area contributed by atoms with E-state index in [9.17, 15) is 24.9 Å². The quantitative estimate of drug-likeness (QED) is 0.355. The van der Waals surface area contributed by atoms with Crippen molar-refractivity contribution in [3.63, 3.8) is 0 Å². The highest BCUT2D eigenvalue weighted by Gasteiger charge is 2.69. The molecule has 1 aromatic carbocycles. The van der Waals surface area contributed by atoms with E-state index < -0.39 is 11.9 Å². The van der Waals surface area contributed by atoms with Crippen LogP contribution in [-0.4, -0.2) is 33.9 Å². The molecule has 40 heavy (non-hydrogen) atoms. The van der Waals surface area contributed by atoms with Crippen LogP contribution in [0.15, 0.2) is 24.3 Å². The highest BCUT2D eigenvalue weighted by Crippen LogP contribution is 2.77. The number of aromatic carboxylic acids is 2. The second-order valence-corrected chi connectivity index (χ2v) is 15.6. The van der Waals surface area contributed by atoms with Crippen molar-refractivity contribution in [1.29, 1.82) is 0 Å². The van der Waals surface area contributed by atoms with Gasteiger partial charge in [-0.15, -0.1) is 0 Å². The Balaban J connectivity index is 1.37. The van der Waals surface area contributed by atoms with Gasteiger partial charge in [0.15, 0.2) is 0 Å². The first kappa shape index (κ1) is 28.0. The predicted molar refractivity (Wildman–Crippen MR) is 156 cm³/mol. The van der Waals surface area contributed by atoms with Crippen molar-refractivity contribution in [3.05, 3.63) is 41.0 Å². The number of aliphatic hydroxyl groups is 1. The van der Waals surface area contributed by atoms with E-state index in [1.54, 1.807) is 6.07 Å². The van der Waals surface area contributed by atoms with E-state index in [0.717, 1.165) is 24.0 Å². The predicted octanol–water partition coefficient (Wildman–Crippen LogP) is 7.92. The van der Waals surface area contributed by atoms with Crippen molar-refractivity contribution < 1.29 is 24.9 Å². The van der Waals surface area contributed by atoms with Crippen LogP contribution in [-0.2, 0) is 0 Å². The number of hydrogen-bond acceptors (Lipinski definition) is 3. The van der Waals surface area contributed by atoms with Gasteiger partial charge in [-0.2, -0.15) is 0 Å². The molecule has 0 spiro atoms. The number of aliphatic hydroxyl groups excluding tert-OH is 1. The fourth-order valence-corrected chi connectivity index (χ4v) is 12.2. The minimum absolute atomic E-state index is 0.138. The topological polar surface area (TPSA) is 94.8 Å². The summed E-state index contributed by atoms with van der Waals surface area (Å²) < 4.78 is 0. The number of fused-ring (bicyclic) bond motifs is 7. The van der Waals surface area contributed by atoms with E-state index in [2.05, 4.69) is 40.7 Å². The summed E-state index contributed by atoms with van der Waals surface area (Å²) in [5.74, 6) is 0.0758. The summed E-state index contributed by atoms with van der Waals surface area (Å²) in [5, 5.41) is 29.8. The van der Waals surface area contributed by atoms with Gasteiger partial charge in [0.05, 0.1) is 11.1 Å². The van der Waals surface area contributed by atoms with Crippen LogP contribution in [0.3, 0.4) is 0 Å².